The van der Waals surface area contributed by atoms with Crippen molar-refractivity contribution in [2.45, 2.75) is 17.9 Å². The number of likely N-dealkylation sites (tertiary alicyclic amines) is 1. The summed E-state index contributed by atoms with van der Waals surface area (Å²) in [5, 5.41) is 8.73. The minimum absolute atomic E-state index is 0.0886. The molecule has 3 rings (SSSR count). The normalized spacial score (nSPS) is 18.1. The van der Waals surface area contributed by atoms with Crippen molar-refractivity contribution in [2.24, 2.45) is 5.92 Å². The molecule has 0 spiro atoms. The number of hydrogen-bond acceptors (Lipinski definition) is 5. The van der Waals surface area contributed by atoms with E-state index in [2.05, 4.69) is 26.7 Å². The van der Waals surface area contributed by atoms with Crippen LogP contribution in [0, 0.1) is 17.2 Å². The Morgan fingerprint density at radius 1 is 1.24 bits per heavy atom. The van der Waals surface area contributed by atoms with E-state index in [1.54, 1.807) is 0 Å². The highest BCUT2D eigenvalue weighted by Gasteiger charge is 2.24. The van der Waals surface area contributed by atoms with E-state index in [0.29, 0.717) is 12.5 Å². The summed E-state index contributed by atoms with van der Waals surface area (Å²) in [5.41, 5.74) is 1.47. The zero-order valence-electron chi connectivity index (χ0n) is 13.8. The minimum atomic E-state index is -3.59. The lowest BCUT2D eigenvalue weighted by Gasteiger charge is -2.16. The number of nitrogens with zero attached hydrogens (tertiary/aromatic N) is 3. The predicted molar refractivity (Wildman–Crippen MR) is 94.0 cm³/mol. The Morgan fingerprint density at radius 3 is 2.72 bits per heavy atom. The fourth-order valence-electron chi connectivity index (χ4n) is 2.98. The molecule has 1 atom stereocenters. The summed E-state index contributed by atoms with van der Waals surface area (Å²) in [6.07, 6.45) is 2.19. The zero-order chi connectivity index (χ0) is 17.7. The van der Waals surface area contributed by atoms with Crippen molar-refractivity contribution in [3.8, 4) is 6.07 Å². The van der Waals surface area contributed by atoms with Crippen LogP contribution in [-0.4, -0.2) is 37.9 Å². The molecule has 1 fully saturated rings. The van der Waals surface area contributed by atoms with Gasteiger partial charge in [0, 0.05) is 25.8 Å². The smallest absolute Gasteiger partial charge is 0.242 e. The first-order chi connectivity index (χ1) is 12.1. The molecule has 1 saturated heterocycles. The Balaban J connectivity index is 1.52. The van der Waals surface area contributed by atoms with E-state index in [4.69, 9.17) is 5.26 Å². The molecule has 0 amide bonds. The lowest BCUT2D eigenvalue weighted by atomic mass is 10.1. The summed E-state index contributed by atoms with van der Waals surface area (Å²) in [6, 6.07) is 15.0. The van der Waals surface area contributed by atoms with Crippen molar-refractivity contribution in [1.82, 2.24) is 14.6 Å². The number of benzene rings is 1. The van der Waals surface area contributed by atoms with Gasteiger partial charge in [-0.1, -0.05) is 30.3 Å². The van der Waals surface area contributed by atoms with Crippen molar-refractivity contribution in [3.05, 3.63) is 59.9 Å². The molecule has 0 saturated carbocycles. The van der Waals surface area contributed by atoms with Crippen LogP contribution >= 0.6 is 0 Å². The van der Waals surface area contributed by atoms with Crippen molar-refractivity contribution in [2.75, 3.05) is 19.6 Å². The maximum atomic E-state index is 12.3. The highest BCUT2D eigenvalue weighted by Crippen LogP contribution is 2.19. The Kier molecular flexibility index (Phi) is 5.43. The van der Waals surface area contributed by atoms with E-state index in [-0.39, 0.29) is 10.6 Å². The van der Waals surface area contributed by atoms with Crippen LogP contribution in [-0.2, 0) is 16.6 Å². The topological polar surface area (TPSA) is 86.1 Å². The molecule has 2 heterocycles. The van der Waals surface area contributed by atoms with Crippen molar-refractivity contribution < 1.29 is 8.42 Å². The molecule has 6 nitrogen and oxygen atoms in total. The second-order valence-electron chi connectivity index (χ2n) is 6.22. The van der Waals surface area contributed by atoms with Gasteiger partial charge in [0.2, 0.25) is 10.0 Å². The first-order valence-electron chi connectivity index (χ1n) is 8.19. The van der Waals surface area contributed by atoms with Crippen LogP contribution in [0.15, 0.2) is 53.6 Å². The number of pyridine rings is 1. The van der Waals surface area contributed by atoms with E-state index < -0.39 is 10.0 Å². The van der Waals surface area contributed by atoms with E-state index >= 15 is 0 Å². The molecule has 7 heteroatoms. The third-order valence-corrected chi connectivity index (χ3v) is 5.75. The van der Waals surface area contributed by atoms with E-state index in [0.717, 1.165) is 26.1 Å². The fourth-order valence-corrected chi connectivity index (χ4v) is 4.04. The zero-order valence-corrected chi connectivity index (χ0v) is 14.6. The Hall–Kier alpha value is -2.27. The molecule has 1 aromatic carbocycles. The highest BCUT2D eigenvalue weighted by molar-refractivity contribution is 7.89. The van der Waals surface area contributed by atoms with Crippen LogP contribution in [0.3, 0.4) is 0 Å². The van der Waals surface area contributed by atoms with Crippen molar-refractivity contribution in [3.63, 3.8) is 0 Å². The van der Waals surface area contributed by atoms with Crippen LogP contribution < -0.4 is 4.72 Å². The summed E-state index contributed by atoms with van der Waals surface area (Å²) in [5.74, 6) is 0.296. The average Bonchev–Trinajstić information content (AvgIpc) is 3.08. The summed E-state index contributed by atoms with van der Waals surface area (Å²) in [6.45, 7) is 3.15. The molecule has 130 valence electrons. The lowest BCUT2D eigenvalue weighted by molar-refractivity contribution is 0.316. The predicted octanol–water partition coefficient (Wildman–Crippen LogP) is 1.75. The van der Waals surface area contributed by atoms with Crippen LogP contribution in [0.1, 0.15) is 17.7 Å². The third-order valence-electron chi connectivity index (χ3n) is 4.34. The summed E-state index contributed by atoms with van der Waals surface area (Å²) in [7, 11) is -3.59. The molecule has 1 aliphatic rings. The third kappa shape index (κ3) is 4.63. The number of sulfonamides is 1. The number of nitrogens with one attached hydrogen (secondary N) is 1. The SMILES string of the molecule is N#Cc1ccc(S(=O)(=O)NCC2CCN(Cc3ccccc3)C2)cn1. The van der Waals surface area contributed by atoms with Gasteiger partial charge < -0.3 is 0 Å². The Morgan fingerprint density at radius 2 is 2.04 bits per heavy atom. The van der Waals surface area contributed by atoms with Crippen LogP contribution in [0.25, 0.3) is 0 Å². The number of aromatic nitrogens is 1. The van der Waals surface area contributed by atoms with Gasteiger partial charge in [0.05, 0.1) is 0 Å². The van der Waals surface area contributed by atoms with E-state index in [1.807, 2.05) is 24.3 Å². The second-order valence-corrected chi connectivity index (χ2v) is 7.99. The van der Waals surface area contributed by atoms with E-state index in [1.165, 1.54) is 23.9 Å². The molecular weight excluding hydrogens is 336 g/mol. The summed E-state index contributed by atoms with van der Waals surface area (Å²) in [4.78, 5) is 6.25. The summed E-state index contributed by atoms with van der Waals surface area (Å²) < 4.78 is 27.3. The second kappa shape index (κ2) is 7.74. The Bertz CT molecular complexity index is 845. The van der Waals surface area contributed by atoms with Crippen molar-refractivity contribution >= 4 is 10.0 Å². The lowest BCUT2D eigenvalue weighted by Crippen LogP contribution is -2.31. The minimum Gasteiger partial charge on any atom is -0.299 e. The number of hydrogen-bond donors (Lipinski definition) is 1. The van der Waals surface area contributed by atoms with Crippen LogP contribution in [0.4, 0.5) is 0 Å². The van der Waals surface area contributed by atoms with Crippen LogP contribution in [0.2, 0.25) is 0 Å². The fraction of sp³-hybridized carbons (Fsp3) is 0.333. The van der Waals surface area contributed by atoms with Crippen molar-refractivity contribution in [1.29, 1.82) is 5.26 Å². The van der Waals surface area contributed by atoms with Gasteiger partial charge in [0.25, 0.3) is 0 Å². The van der Waals surface area contributed by atoms with Gasteiger partial charge in [0.15, 0.2) is 0 Å². The molecule has 0 bridgehead atoms. The standard InChI is InChI=1S/C18H20N4O2S/c19-10-17-6-7-18(12-20-17)25(23,24)21-11-16-8-9-22(14-16)13-15-4-2-1-3-5-15/h1-7,12,16,21H,8-9,11,13-14H2. The molecule has 0 radical (unpaired) electrons. The molecule has 1 N–H and O–H groups in total. The largest absolute Gasteiger partial charge is 0.299 e. The van der Waals surface area contributed by atoms with Gasteiger partial charge in [-0.15, -0.1) is 0 Å². The monoisotopic (exact) mass is 356 g/mol. The van der Waals surface area contributed by atoms with Gasteiger partial charge >= 0.3 is 0 Å². The molecule has 1 aliphatic heterocycles. The number of nitriles is 1. The van der Waals surface area contributed by atoms with E-state index in [9.17, 15) is 8.42 Å². The quantitative estimate of drug-likeness (QED) is 0.852. The molecular formula is C18H20N4O2S. The van der Waals surface area contributed by atoms with Gasteiger partial charge in [-0.3, -0.25) is 4.90 Å². The van der Waals surface area contributed by atoms with Gasteiger partial charge in [-0.05, 0) is 36.6 Å². The Labute approximate surface area is 148 Å². The number of rotatable bonds is 6. The first kappa shape index (κ1) is 17.5. The molecule has 1 aromatic heterocycles. The summed E-state index contributed by atoms with van der Waals surface area (Å²) >= 11 is 0. The van der Waals surface area contributed by atoms with Gasteiger partial charge in [-0.2, -0.15) is 5.26 Å². The maximum absolute atomic E-state index is 12.3. The highest BCUT2D eigenvalue weighted by atomic mass is 32.2. The molecule has 0 aliphatic carbocycles. The molecule has 1 unspecified atom stereocenters. The van der Waals surface area contributed by atoms with Gasteiger partial charge in [-0.25, -0.2) is 18.1 Å². The average molecular weight is 356 g/mol. The van der Waals surface area contributed by atoms with Crippen LogP contribution in [0.5, 0.6) is 0 Å². The first-order valence-corrected chi connectivity index (χ1v) is 9.67. The molecule has 25 heavy (non-hydrogen) atoms. The van der Waals surface area contributed by atoms with Gasteiger partial charge in [0.1, 0.15) is 16.7 Å². The maximum Gasteiger partial charge on any atom is 0.242 e. The molecule has 2 aromatic rings.